The molecule has 4 aromatic rings. The predicted octanol–water partition coefficient (Wildman–Crippen LogP) is 6.28. The van der Waals surface area contributed by atoms with E-state index < -0.39 is 29.6 Å². The maximum atomic E-state index is 13.5. The molecule has 1 aromatic heterocycles. The highest BCUT2D eigenvalue weighted by Gasteiger charge is 2.31. The topological polar surface area (TPSA) is 74.6 Å². The Kier molecular flexibility index (Phi) is 8.54. The standard InChI is InChI=1S/C31H26ClF4N3O3/c32-23-6-1-3-19(15-23)16-25(29(40)37-12-14-39-13-11-20-18-24(33)7-8-26(20)39)38-30(41)28-10-9-27(42-28)21-4-2-5-22(17-21)31(34,35)36/h1-10,15,17-18,25H,11-14,16H2,(H,37,40)(H,38,41). The Hall–Kier alpha value is -4.31. The van der Waals surface area contributed by atoms with Gasteiger partial charge in [0.1, 0.15) is 17.6 Å². The summed E-state index contributed by atoms with van der Waals surface area (Å²) in [5.41, 5.74) is 1.86. The van der Waals surface area contributed by atoms with Crippen molar-refractivity contribution in [1.82, 2.24) is 10.6 Å². The fraction of sp³-hybridized carbons (Fsp3) is 0.226. The van der Waals surface area contributed by atoms with E-state index in [2.05, 4.69) is 15.5 Å². The third-order valence-electron chi connectivity index (χ3n) is 6.97. The lowest BCUT2D eigenvalue weighted by molar-refractivity contribution is -0.137. The first-order valence-corrected chi connectivity index (χ1v) is 13.6. The molecule has 2 amide bonds. The average molecular weight is 600 g/mol. The SMILES string of the molecule is O=C(NC(Cc1cccc(Cl)c1)C(=O)NCCN1CCc2cc(F)ccc21)c1ccc(-c2cccc(C(F)(F)F)c2)o1. The van der Waals surface area contributed by atoms with E-state index in [-0.39, 0.29) is 35.9 Å². The Labute approximate surface area is 244 Å². The van der Waals surface area contributed by atoms with Crippen LogP contribution in [0.4, 0.5) is 23.2 Å². The molecule has 0 saturated carbocycles. The number of amides is 2. The van der Waals surface area contributed by atoms with Crippen LogP contribution in [-0.4, -0.2) is 37.5 Å². The Balaban J connectivity index is 1.27. The summed E-state index contributed by atoms with van der Waals surface area (Å²) >= 11 is 6.11. The van der Waals surface area contributed by atoms with Gasteiger partial charge in [0, 0.05) is 42.3 Å². The maximum absolute atomic E-state index is 13.5. The second-order valence-corrected chi connectivity index (χ2v) is 10.3. The highest BCUT2D eigenvalue weighted by atomic mass is 35.5. The zero-order chi connectivity index (χ0) is 29.9. The number of benzene rings is 3. The molecular formula is C31H26ClF4N3O3. The number of hydrogen-bond acceptors (Lipinski definition) is 4. The number of fused-ring (bicyclic) bond motifs is 1. The van der Waals surface area contributed by atoms with Crippen LogP contribution in [0.15, 0.2) is 83.3 Å². The molecule has 1 aliphatic rings. The lowest BCUT2D eigenvalue weighted by atomic mass is 10.0. The third kappa shape index (κ3) is 6.94. The number of anilines is 1. The molecule has 0 spiro atoms. The second kappa shape index (κ2) is 12.3. The number of nitrogens with one attached hydrogen (secondary N) is 2. The zero-order valence-corrected chi connectivity index (χ0v) is 22.9. The van der Waals surface area contributed by atoms with Crippen molar-refractivity contribution in [1.29, 1.82) is 0 Å². The lowest BCUT2D eigenvalue weighted by Crippen LogP contribution is -2.49. The van der Waals surface area contributed by atoms with Crippen molar-refractivity contribution in [3.8, 4) is 11.3 Å². The van der Waals surface area contributed by atoms with E-state index in [1.165, 1.54) is 36.4 Å². The highest BCUT2D eigenvalue weighted by molar-refractivity contribution is 6.30. The minimum absolute atomic E-state index is 0.0767. The summed E-state index contributed by atoms with van der Waals surface area (Å²) in [6.07, 6.45) is -3.69. The van der Waals surface area contributed by atoms with Gasteiger partial charge in [-0.15, -0.1) is 0 Å². The molecule has 0 bridgehead atoms. The molecule has 1 unspecified atom stereocenters. The predicted molar refractivity (Wildman–Crippen MR) is 151 cm³/mol. The molecule has 6 nitrogen and oxygen atoms in total. The van der Waals surface area contributed by atoms with E-state index in [0.29, 0.717) is 30.1 Å². The number of halogens is 5. The summed E-state index contributed by atoms with van der Waals surface area (Å²) in [7, 11) is 0. The minimum atomic E-state index is -4.53. The van der Waals surface area contributed by atoms with Gasteiger partial charge in [-0.05, 0) is 72.1 Å². The summed E-state index contributed by atoms with van der Waals surface area (Å²) in [4.78, 5) is 28.4. The fourth-order valence-corrected chi connectivity index (χ4v) is 5.12. The van der Waals surface area contributed by atoms with Crippen LogP contribution in [-0.2, 0) is 23.8 Å². The first-order valence-electron chi connectivity index (χ1n) is 13.2. The van der Waals surface area contributed by atoms with Gasteiger partial charge in [0.05, 0.1) is 5.56 Å². The number of alkyl halides is 3. The molecule has 218 valence electrons. The van der Waals surface area contributed by atoms with Gasteiger partial charge in [-0.25, -0.2) is 4.39 Å². The normalized spacial score (nSPS) is 13.5. The van der Waals surface area contributed by atoms with E-state index >= 15 is 0 Å². The van der Waals surface area contributed by atoms with Crippen molar-refractivity contribution in [3.63, 3.8) is 0 Å². The van der Waals surface area contributed by atoms with Gasteiger partial charge in [0.25, 0.3) is 5.91 Å². The first kappa shape index (κ1) is 29.2. The van der Waals surface area contributed by atoms with Gasteiger partial charge in [0.2, 0.25) is 5.91 Å². The van der Waals surface area contributed by atoms with Crippen LogP contribution in [0.25, 0.3) is 11.3 Å². The minimum Gasteiger partial charge on any atom is -0.451 e. The van der Waals surface area contributed by atoms with E-state index in [1.807, 2.05) is 0 Å². The number of hydrogen-bond donors (Lipinski definition) is 2. The largest absolute Gasteiger partial charge is 0.451 e. The third-order valence-corrected chi connectivity index (χ3v) is 7.20. The molecule has 0 fully saturated rings. The first-order chi connectivity index (χ1) is 20.1. The maximum Gasteiger partial charge on any atom is 0.416 e. The van der Waals surface area contributed by atoms with Crippen molar-refractivity contribution in [2.75, 3.05) is 24.5 Å². The summed E-state index contributed by atoms with van der Waals surface area (Å²) in [5, 5.41) is 6.01. The van der Waals surface area contributed by atoms with Crippen LogP contribution < -0.4 is 15.5 Å². The van der Waals surface area contributed by atoms with Crippen LogP contribution in [0.5, 0.6) is 0 Å². The molecule has 1 aliphatic heterocycles. The Morgan fingerprint density at radius 3 is 2.60 bits per heavy atom. The van der Waals surface area contributed by atoms with Crippen molar-refractivity contribution in [2.24, 2.45) is 0 Å². The summed E-state index contributed by atoms with van der Waals surface area (Å²) in [6, 6.07) is 17.8. The van der Waals surface area contributed by atoms with Crippen LogP contribution in [0.2, 0.25) is 5.02 Å². The smallest absolute Gasteiger partial charge is 0.416 e. The van der Waals surface area contributed by atoms with E-state index in [1.54, 1.807) is 30.3 Å². The number of carbonyl (C=O) groups is 2. The van der Waals surface area contributed by atoms with Gasteiger partial charge in [-0.1, -0.05) is 35.9 Å². The molecule has 0 radical (unpaired) electrons. The molecule has 0 aliphatic carbocycles. The van der Waals surface area contributed by atoms with E-state index in [9.17, 15) is 27.2 Å². The fourth-order valence-electron chi connectivity index (χ4n) is 4.91. The quantitative estimate of drug-likeness (QED) is 0.222. The van der Waals surface area contributed by atoms with Crippen molar-refractivity contribution < 1.29 is 31.6 Å². The van der Waals surface area contributed by atoms with E-state index in [0.717, 1.165) is 23.4 Å². The average Bonchev–Trinajstić information content (AvgIpc) is 3.60. The van der Waals surface area contributed by atoms with Crippen LogP contribution in [0.3, 0.4) is 0 Å². The number of carbonyl (C=O) groups excluding carboxylic acids is 2. The molecule has 2 N–H and O–H groups in total. The van der Waals surface area contributed by atoms with Crippen LogP contribution in [0, 0.1) is 5.82 Å². The van der Waals surface area contributed by atoms with Gasteiger partial charge in [-0.2, -0.15) is 13.2 Å². The Bertz CT molecular complexity index is 1600. The molecule has 3 aromatic carbocycles. The van der Waals surface area contributed by atoms with Gasteiger partial charge in [-0.3, -0.25) is 9.59 Å². The second-order valence-electron chi connectivity index (χ2n) is 9.90. The van der Waals surface area contributed by atoms with Gasteiger partial charge < -0.3 is 20.0 Å². The number of rotatable bonds is 9. The van der Waals surface area contributed by atoms with E-state index in [4.69, 9.17) is 16.0 Å². The van der Waals surface area contributed by atoms with Crippen molar-refractivity contribution in [3.05, 3.63) is 112 Å². The lowest BCUT2D eigenvalue weighted by Gasteiger charge is -2.22. The Morgan fingerprint density at radius 2 is 1.81 bits per heavy atom. The molecular weight excluding hydrogens is 574 g/mol. The molecule has 0 saturated heterocycles. The Morgan fingerprint density at radius 1 is 1.00 bits per heavy atom. The molecule has 42 heavy (non-hydrogen) atoms. The van der Waals surface area contributed by atoms with Crippen molar-refractivity contribution in [2.45, 2.75) is 25.1 Å². The monoisotopic (exact) mass is 599 g/mol. The van der Waals surface area contributed by atoms with Crippen LogP contribution in [0.1, 0.15) is 27.2 Å². The zero-order valence-electron chi connectivity index (χ0n) is 22.2. The summed E-state index contributed by atoms with van der Waals surface area (Å²) < 4.78 is 58.5. The molecule has 2 heterocycles. The molecule has 11 heteroatoms. The summed E-state index contributed by atoms with van der Waals surface area (Å²) in [6.45, 7) is 1.46. The highest BCUT2D eigenvalue weighted by Crippen LogP contribution is 2.33. The number of furan rings is 1. The number of nitrogens with zero attached hydrogens (tertiary/aromatic N) is 1. The molecule has 1 atom stereocenters. The summed E-state index contributed by atoms with van der Waals surface area (Å²) in [5.74, 6) is -1.51. The van der Waals surface area contributed by atoms with Crippen molar-refractivity contribution >= 4 is 29.1 Å². The van der Waals surface area contributed by atoms with Crippen LogP contribution >= 0.6 is 11.6 Å². The van der Waals surface area contributed by atoms with Gasteiger partial charge in [0.15, 0.2) is 5.76 Å². The van der Waals surface area contributed by atoms with Gasteiger partial charge >= 0.3 is 6.18 Å². The molecule has 5 rings (SSSR count).